The summed E-state index contributed by atoms with van der Waals surface area (Å²) in [5.74, 6) is 0.538. The number of imide groups is 2. The third kappa shape index (κ3) is 7.61. The smallest absolute Gasteiger partial charge is 0.331 e. The monoisotopic (exact) mass is 592 g/mol. The number of urea groups is 1. The number of ether oxygens (including phenoxy) is 4. The van der Waals surface area contributed by atoms with Crippen molar-refractivity contribution in [2.75, 3.05) is 19.8 Å². The maximum Gasteiger partial charge on any atom is 0.331 e. The normalized spacial score (nSPS) is 14.1. The molecule has 0 atom stereocenters. The second kappa shape index (κ2) is 14.4. The molecule has 10 heteroatoms. The highest BCUT2D eigenvalue weighted by Gasteiger charge is 2.36. The Morgan fingerprint density at radius 1 is 0.786 bits per heavy atom. The van der Waals surface area contributed by atoms with Gasteiger partial charge in [-0.15, -0.1) is 0 Å². The molecular formula is C32H33ClN2O7. The maximum absolute atomic E-state index is 13.4. The van der Waals surface area contributed by atoms with Gasteiger partial charge in [-0.05, 0) is 79.4 Å². The van der Waals surface area contributed by atoms with Crippen LogP contribution < -0.4 is 24.3 Å². The molecule has 3 aromatic rings. The lowest BCUT2D eigenvalue weighted by atomic mass is 10.1. The molecule has 0 aliphatic carbocycles. The fourth-order valence-electron chi connectivity index (χ4n) is 4.23. The average molecular weight is 593 g/mol. The van der Waals surface area contributed by atoms with Crippen LogP contribution in [-0.2, 0) is 22.7 Å². The minimum Gasteiger partial charge on any atom is -0.490 e. The average Bonchev–Trinajstić information content (AvgIpc) is 2.97. The summed E-state index contributed by atoms with van der Waals surface area (Å²) in [6.07, 6.45) is 2.26. The first-order valence-electron chi connectivity index (χ1n) is 13.7. The molecule has 0 spiro atoms. The minimum absolute atomic E-state index is 0.0656. The highest BCUT2D eigenvalue weighted by molar-refractivity contribution is 6.31. The van der Waals surface area contributed by atoms with E-state index in [1.54, 1.807) is 42.5 Å². The van der Waals surface area contributed by atoms with E-state index in [4.69, 9.17) is 30.5 Å². The van der Waals surface area contributed by atoms with E-state index in [1.165, 1.54) is 6.08 Å². The molecule has 4 amide bonds. The van der Waals surface area contributed by atoms with E-state index in [0.29, 0.717) is 59.0 Å². The lowest BCUT2D eigenvalue weighted by Gasteiger charge is -2.26. The van der Waals surface area contributed by atoms with Gasteiger partial charge in [0.25, 0.3) is 11.8 Å². The van der Waals surface area contributed by atoms with E-state index < -0.39 is 17.8 Å². The van der Waals surface area contributed by atoms with Crippen molar-refractivity contribution in [1.29, 1.82) is 0 Å². The fourth-order valence-corrected chi connectivity index (χ4v) is 4.44. The number of benzene rings is 3. The van der Waals surface area contributed by atoms with Crippen molar-refractivity contribution in [1.82, 2.24) is 10.2 Å². The number of nitrogens with one attached hydrogen (secondary N) is 1. The van der Waals surface area contributed by atoms with Crippen LogP contribution in [0.2, 0.25) is 5.02 Å². The highest BCUT2D eigenvalue weighted by atomic mass is 35.5. The molecular weight excluding hydrogens is 560 g/mol. The number of hydrogen-bond donors (Lipinski definition) is 1. The number of nitrogens with zero attached hydrogens (tertiary/aromatic N) is 1. The molecule has 1 heterocycles. The minimum atomic E-state index is -0.800. The van der Waals surface area contributed by atoms with Gasteiger partial charge in [0.1, 0.15) is 12.2 Å². The van der Waals surface area contributed by atoms with Crippen molar-refractivity contribution < 1.29 is 33.3 Å². The van der Waals surface area contributed by atoms with Crippen LogP contribution in [0, 0.1) is 0 Å². The molecule has 42 heavy (non-hydrogen) atoms. The van der Waals surface area contributed by atoms with Crippen LogP contribution in [0.15, 0.2) is 66.2 Å². The van der Waals surface area contributed by atoms with Crippen molar-refractivity contribution in [3.63, 3.8) is 0 Å². The summed E-state index contributed by atoms with van der Waals surface area (Å²) in [5, 5.41) is 2.87. The SMILES string of the molecule is CCCOc1ccc(CN2C(=O)NC(=O)/C(=C\c3ccc(OCc4cccc(Cl)c4)c(OCC)c3)C2=O)cc1OCC. The van der Waals surface area contributed by atoms with Gasteiger partial charge in [0.05, 0.1) is 26.4 Å². The molecule has 0 unspecified atom stereocenters. The van der Waals surface area contributed by atoms with Gasteiger partial charge in [0.15, 0.2) is 23.0 Å². The van der Waals surface area contributed by atoms with E-state index in [9.17, 15) is 14.4 Å². The molecule has 9 nitrogen and oxygen atoms in total. The van der Waals surface area contributed by atoms with Crippen LogP contribution in [0.25, 0.3) is 6.08 Å². The summed E-state index contributed by atoms with van der Waals surface area (Å²) in [7, 11) is 0. The summed E-state index contributed by atoms with van der Waals surface area (Å²) in [4.78, 5) is 39.8. The zero-order chi connectivity index (χ0) is 30.1. The summed E-state index contributed by atoms with van der Waals surface area (Å²) in [6.45, 7) is 7.24. The zero-order valence-electron chi connectivity index (χ0n) is 23.8. The number of halogens is 1. The standard InChI is InChI=1S/C32H33ClN2O7/c1-4-14-41-26-13-11-22(18-29(26)40-6-3)19-35-31(37)25(30(36)34-32(35)38)16-21-10-12-27(28(17-21)39-5-2)42-20-23-8-7-9-24(33)15-23/h7-13,15-18H,4-6,14,19-20H2,1-3H3,(H,34,36,38)/b25-16+. The van der Waals surface area contributed by atoms with Gasteiger partial charge in [-0.2, -0.15) is 0 Å². The molecule has 3 aromatic carbocycles. The Morgan fingerprint density at radius 3 is 2.21 bits per heavy atom. The van der Waals surface area contributed by atoms with Gasteiger partial charge >= 0.3 is 6.03 Å². The first-order valence-corrected chi connectivity index (χ1v) is 14.1. The van der Waals surface area contributed by atoms with E-state index in [0.717, 1.165) is 16.9 Å². The Kier molecular flexibility index (Phi) is 10.4. The first-order chi connectivity index (χ1) is 20.3. The van der Waals surface area contributed by atoms with Crippen molar-refractivity contribution >= 4 is 35.5 Å². The summed E-state index contributed by atoms with van der Waals surface area (Å²) in [5.41, 5.74) is 1.87. The molecule has 1 N–H and O–H groups in total. The Morgan fingerprint density at radius 2 is 1.50 bits per heavy atom. The highest BCUT2D eigenvalue weighted by Crippen LogP contribution is 2.32. The molecule has 4 rings (SSSR count). The van der Waals surface area contributed by atoms with Crippen LogP contribution in [0.4, 0.5) is 4.79 Å². The Balaban J connectivity index is 1.55. The van der Waals surface area contributed by atoms with Gasteiger partial charge in [0, 0.05) is 5.02 Å². The molecule has 220 valence electrons. The second-order valence-electron chi connectivity index (χ2n) is 9.33. The molecule has 0 radical (unpaired) electrons. The molecule has 1 fully saturated rings. The van der Waals surface area contributed by atoms with Crippen LogP contribution in [0.3, 0.4) is 0 Å². The molecule has 1 aliphatic heterocycles. The van der Waals surface area contributed by atoms with Gasteiger partial charge in [-0.1, -0.05) is 42.8 Å². The molecule has 1 aliphatic rings. The van der Waals surface area contributed by atoms with Gasteiger partial charge in [-0.25, -0.2) is 4.79 Å². The first kappa shape index (κ1) is 30.5. The number of rotatable bonds is 13. The van der Waals surface area contributed by atoms with Crippen molar-refractivity contribution in [3.05, 3.63) is 87.9 Å². The van der Waals surface area contributed by atoms with Crippen molar-refractivity contribution in [3.8, 4) is 23.0 Å². The largest absolute Gasteiger partial charge is 0.490 e. The Labute approximate surface area is 250 Å². The van der Waals surface area contributed by atoms with Gasteiger partial charge in [0.2, 0.25) is 0 Å². The van der Waals surface area contributed by atoms with Crippen LogP contribution in [0.1, 0.15) is 43.9 Å². The number of amides is 4. The summed E-state index contributed by atoms with van der Waals surface area (Å²) in [6, 6.07) is 16.8. The van der Waals surface area contributed by atoms with Gasteiger partial charge in [-0.3, -0.25) is 19.8 Å². The van der Waals surface area contributed by atoms with E-state index in [-0.39, 0.29) is 18.7 Å². The van der Waals surface area contributed by atoms with Crippen LogP contribution >= 0.6 is 11.6 Å². The summed E-state index contributed by atoms with van der Waals surface area (Å²) >= 11 is 6.07. The number of barbiturate groups is 1. The predicted molar refractivity (Wildman–Crippen MR) is 159 cm³/mol. The number of carbonyl (C=O) groups is 3. The lowest BCUT2D eigenvalue weighted by Crippen LogP contribution is -2.53. The van der Waals surface area contributed by atoms with E-state index in [2.05, 4.69) is 5.32 Å². The molecule has 0 bridgehead atoms. The van der Waals surface area contributed by atoms with Gasteiger partial charge < -0.3 is 18.9 Å². The number of hydrogen-bond acceptors (Lipinski definition) is 7. The topological polar surface area (TPSA) is 103 Å². The predicted octanol–water partition coefficient (Wildman–Crippen LogP) is 6.17. The third-order valence-corrected chi connectivity index (χ3v) is 6.39. The number of carbonyl (C=O) groups excluding carboxylic acids is 3. The maximum atomic E-state index is 13.4. The molecule has 0 saturated carbocycles. The Hall–Kier alpha value is -4.50. The lowest BCUT2D eigenvalue weighted by molar-refractivity contribution is -0.130. The Bertz CT molecular complexity index is 1490. The summed E-state index contributed by atoms with van der Waals surface area (Å²) < 4.78 is 23.2. The van der Waals surface area contributed by atoms with Crippen LogP contribution in [-0.4, -0.2) is 42.6 Å². The van der Waals surface area contributed by atoms with E-state index in [1.807, 2.05) is 39.0 Å². The third-order valence-electron chi connectivity index (χ3n) is 6.16. The van der Waals surface area contributed by atoms with Crippen molar-refractivity contribution in [2.45, 2.75) is 40.3 Å². The van der Waals surface area contributed by atoms with Crippen molar-refractivity contribution in [2.24, 2.45) is 0 Å². The second-order valence-corrected chi connectivity index (χ2v) is 9.77. The molecule has 1 saturated heterocycles. The van der Waals surface area contributed by atoms with Crippen LogP contribution in [0.5, 0.6) is 23.0 Å². The van der Waals surface area contributed by atoms with E-state index >= 15 is 0 Å². The molecule has 0 aromatic heterocycles. The fraction of sp³-hybridized carbons (Fsp3) is 0.281. The quantitative estimate of drug-likeness (QED) is 0.187. The zero-order valence-corrected chi connectivity index (χ0v) is 24.5.